The third-order valence-corrected chi connectivity index (χ3v) is 3.82. The highest BCUT2D eigenvalue weighted by molar-refractivity contribution is 5.90. The van der Waals surface area contributed by atoms with Gasteiger partial charge < -0.3 is 14.5 Å². The fourth-order valence-corrected chi connectivity index (χ4v) is 2.60. The van der Waals surface area contributed by atoms with Gasteiger partial charge in [-0.15, -0.1) is 0 Å². The van der Waals surface area contributed by atoms with Crippen LogP contribution in [0.3, 0.4) is 0 Å². The van der Waals surface area contributed by atoms with Gasteiger partial charge in [-0.25, -0.2) is 4.79 Å². The lowest BCUT2D eigenvalue weighted by Crippen LogP contribution is -2.27. The number of aromatic amines is 1. The zero-order valence-corrected chi connectivity index (χ0v) is 13.9. The minimum absolute atomic E-state index is 0.133. The van der Waals surface area contributed by atoms with Crippen molar-refractivity contribution in [3.05, 3.63) is 40.1 Å². The minimum Gasteiger partial charge on any atom is -0.465 e. The van der Waals surface area contributed by atoms with E-state index in [1.807, 2.05) is 20.8 Å². The second-order valence-corrected chi connectivity index (χ2v) is 5.46. The third-order valence-electron chi connectivity index (χ3n) is 3.82. The van der Waals surface area contributed by atoms with Gasteiger partial charge in [-0.05, 0) is 33.8 Å². The van der Waals surface area contributed by atoms with Crippen molar-refractivity contribution in [2.45, 2.75) is 40.2 Å². The molecule has 2 aromatic heterocycles. The van der Waals surface area contributed by atoms with Crippen LogP contribution in [0.2, 0.25) is 0 Å². The smallest absolute Gasteiger partial charge is 0.341 e. The Balaban J connectivity index is 2.03. The molecule has 124 valence electrons. The Labute approximate surface area is 134 Å². The number of methoxy groups -OCH3 is 1. The SMILES string of the molecule is COC(=O)c1cc(CNC(=O)[C@H](C)c2c(C)n[nH]c2C)oc1C. The van der Waals surface area contributed by atoms with Crippen molar-refractivity contribution in [1.29, 1.82) is 0 Å². The highest BCUT2D eigenvalue weighted by atomic mass is 16.5. The van der Waals surface area contributed by atoms with Gasteiger partial charge in [-0.1, -0.05) is 0 Å². The van der Waals surface area contributed by atoms with Crippen molar-refractivity contribution in [2.75, 3.05) is 7.11 Å². The highest BCUT2D eigenvalue weighted by Gasteiger charge is 2.22. The van der Waals surface area contributed by atoms with Crippen molar-refractivity contribution < 1.29 is 18.7 Å². The number of hydrogen-bond acceptors (Lipinski definition) is 5. The predicted octanol–water partition coefficient (Wildman–Crippen LogP) is 2.13. The summed E-state index contributed by atoms with van der Waals surface area (Å²) in [7, 11) is 1.31. The van der Waals surface area contributed by atoms with Gasteiger partial charge in [0.1, 0.15) is 17.1 Å². The minimum atomic E-state index is -0.457. The quantitative estimate of drug-likeness (QED) is 0.823. The molecule has 0 saturated heterocycles. The number of carbonyl (C=O) groups excluding carboxylic acids is 2. The molecule has 0 radical (unpaired) electrons. The summed E-state index contributed by atoms with van der Waals surface area (Å²) in [5, 5.41) is 9.80. The van der Waals surface area contributed by atoms with Gasteiger partial charge >= 0.3 is 5.97 Å². The van der Waals surface area contributed by atoms with E-state index in [2.05, 4.69) is 20.3 Å². The molecule has 1 atom stereocenters. The molecular weight excluding hydrogens is 298 g/mol. The number of aryl methyl sites for hydroxylation is 3. The molecule has 2 heterocycles. The number of nitrogens with zero attached hydrogens (tertiary/aromatic N) is 1. The fourth-order valence-electron chi connectivity index (χ4n) is 2.60. The van der Waals surface area contributed by atoms with Crippen LogP contribution < -0.4 is 5.32 Å². The molecule has 23 heavy (non-hydrogen) atoms. The number of amides is 1. The summed E-state index contributed by atoms with van der Waals surface area (Å²) in [6, 6.07) is 1.58. The van der Waals surface area contributed by atoms with Crippen LogP contribution in [0.25, 0.3) is 0 Å². The molecule has 0 saturated carbocycles. The third kappa shape index (κ3) is 3.44. The first-order chi connectivity index (χ1) is 10.8. The van der Waals surface area contributed by atoms with E-state index in [0.717, 1.165) is 17.0 Å². The molecule has 7 nitrogen and oxygen atoms in total. The monoisotopic (exact) mass is 319 g/mol. The number of carbonyl (C=O) groups is 2. The Bertz CT molecular complexity index is 710. The Hall–Kier alpha value is -2.57. The van der Waals surface area contributed by atoms with E-state index in [9.17, 15) is 9.59 Å². The number of H-pyrrole nitrogens is 1. The summed E-state index contributed by atoms with van der Waals surface area (Å²) in [5.74, 6) is 0.0535. The number of nitrogens with one attached hydrogen (secondary N) is 2. The highest BCUT2D eigenvalue weighted by Crippen LogP contribution is 2.22. The predicted molar refractivity (Wildman–Crippen MR) is 83.1 cm³/mol. The number of esters is 1. The second kappa shape index (κ2) is 6.68. The van der Waals surface area contributed by atoms with Gasteiger partial charge in [-0.3, -0.25) is 9.89 Å². The van der Waals surface area contributed by atoms with Crippen LogP contribution in [0.1, 0.15) is 51.7 Å². The van der Waals surface area contributed by atoms with Crippen molar-refractivity contribution in [1.82, 2.24) is 15.5 Å². The van der Waals surface area contributed by atoms with Crippen LogP contribution in [-0.2, 0) is 16.1 Å². The second-order valence-electron chi connectivity index (χ2n) is 5.46. The molecule has 2 aromatic rings. The average molecular weight is 319 g/mol. The molecule has 0 aliphatic rings. The van der Waals surface area contributed by atoms with Crippen LogP contribution in [0.15, 0.2) is 10.5 Å². The molecule has 0 bridgehead atoms. The first-order valence-corrected chi connectivity index (χ1v) is 7.32. The Morgan fingerprint density at radius 2 is 2.09 bits per heavy atom. The number of hydrogen-bond donors (Lipinski definition) is 2. The first-order valence-electron chi connectivity index (χ1n) is 7.32. The molecular formula is C16H21N3O4. The Morgan fingerprint density at radius 3 is 2.65 bits per heavy atom. The van der Waals surface area contributed by atoms with Gasteiger partial charge in [0.25, 0.3) is 0 Å². The van der Waals surface area contributed by atoms with Crippen molar-refractivity contribution in [3.8, 4) is 0 Å². The van der Waals surface area contributed by atoms with Crippen LogP contribution in [-0.4, -0.2) is 29.2 Å². The molecule has 0 aromatic carbocycles. The number of aromatic nitrogens is 2. The van der Waals surface area contributed by atoms with Gasteiger partial charge in [-0.2, -0.15) is 5.10 Å². The zero-order valence-electron chi connectivity index (χ0n) is 13.9. The lowest BCUT2D eigenvalue weighted by molar-refractivity contribution is -0.122. The van der Waals surface area contributed by atoms with Crippen molar-refractivity contribution in [3.63, 3.8) is 0 Å². The molecule has 0 aliphatic heterocycles. The van der Waals surface area contributed by atoms with Crippen LogP contribution in [0, 0.1) is 20.8 Å². The maximum absolute atomic E-state index is 12.3. The Morgan fingerprint density at radius 1 is 1.39 bits per heavy atom. The van der Waals surface area contributed by atoms with Gasteiger partial charge in [0.2, 0.25) is 5.91 Å². The first kappa shape index (κ1) is 16.8. The molecule has 0 fully saturated rings. The summed E-state index contributed by atoms with van der Waals surface area (Å²) in [6.07, 6.45) is 0. The molecule has 2 rings (SSSR count). The maximum Gasteiger partial charge on any atom is 0.341 e. The summed E-state index contributed by atoms with van der Waals surface area (Å²) in [5.41, 5.74) is 2.96. The van der Waals surface area contributed by atoms with E-state index in [0.29, 0.717) is 17.1 Å². The van der Waals surface area contributed by atoms with Crippen LogP contribution in [0.5, 0.6) is 0 Å². The molecule has 2 N–H and O–H groups in total. The van der Waals surface area contributed by atoms with E-state index < -0.39 is 5.97 Å². The van der Waals surface area contributed by atoms with E-state index >= 15 is 0 Å². The summed E-state index contributed by atoms with van der Waals surface area (Å²) in [4.78, 5) is 23.9. The molecule has 0 unspecified atom stereocenters. The number of furan rings is 1. The summed E-state index contributed by atoms with van der Waals surface area (Å²) < 4.78 is 10.1. The summed E-state index contributed by atoms with van der Waals surface area (Å²) >= 11 is 0. The topological polar surface area (TPSA) is 97.2 Å². The van der Waals surface area contributed by atoms with Crippen LogP contribution in [0.4, 0.5) is 0 Å². The van der Waals surface area contributed by atoms with Crippen LogP contribution >= 0.6 is 0 Å². The van der Waals surface area contributed by atoms with E-state index in [1.165, 1.54) is 7.11 Å². The number of ether oxygens (including phenoxy) is 1. The van der Waals surface area contributed by atoms with Gasteiger partial charge in [0.15, 0.2) is 0 Å². The molecule has 0 aliphatic carbocycles. The van der Waals surface area contributed by atoms with E-state index in [-0.39, 0.29) is 18.4 Å². The van der Waals surface area contributed by atoms with Gasteiger partial charge in [0.05, 0.1) is 25.3 Å². The Kier molecular flexibility index (Phi) is 4.88. The maximum atomic E-state index is 12.3. The van der Waals surface area contributed by atoms with E-state index in [4.69, 9.17) is 4.42 Å². The molecule has 7 heteroatoms. The van der Waals surface area contributed by atoms with Crippen molar-refractivity contribution in [2.24, 2.45) is 0 Å². The van der Waals surface area contributed by atoms with Crippen molar-refractivity contribution >= 4 is 11.9 Å². The molecule has 1 amide bonds. The standard InChI is InChI=1S/C16H21N3O4/c1-8(14-9(2)18-19-10(14)3)15(20)17-7-12-6-13(11(4)23-12)16(21)22-5/h6,8H,7H2,1-5H3,(H,17,20)(H,18,19)/t8-/m1/s1. The fraction of sp³-hybridized carbons (Fsp3) is 0.438. The lowest BCUT2D eigenvalue weighted by atomic mass is 9.98. The normalized spacial score (nSPS) is 12.0. The zero-order chi connectivity index (χ0) is 17.1. The van der Waals surface area contributed by atoms with E-state index in [1.54, 1.807) is 13.0 Å². The largest absolute Gasteiger partial charge is 0.465 e. The molecule has 0 spiro atoms. The van der Waals surface area contributed by atoms with Gasteiger partial charge in [0, 0.05) is 11.3 Å². The lowest BCUT2D eigenvalue weighted by Gasteiger charge is -2.12. The summed E-state index contributed by atoms with van der Waals surface area (Å²) in [6.45, 7) is 7.46. The number of rotatable bonds is 5. The average Bonchev–Trinajstić information content (AvgIpc) is 3.06.